The third-order valence-corrected chi connectivity index (χ3v) is 2.93. The standard InChI is InChI=1S/C10H13O7P/c1-14-7-4-5-8(10(11)15-2)9(6-7)17-18(12,13)16-3/h4-6H,1-3H3,(H,12,13). The Balaban J connectivity index is 3.20. The molecule has 1 aromatic rings. The van der Waals surface area contributed by atoms with Crippen molar-refractivity contribution in [2.24, 2.45) is 0 Å². The van der Waals surface area contributed by atoms with E-state index in [4.69, 9.17) is 9.26 Å². The molecule has 1 atom stereocenters. The fourth-order valence-corrected chi connectivity index (χ4v) is 1.62. The summed E-state index contributed by atoms with van der Waals surface area (Å²) in [5, 5.41) is 0. The van der Waals surface area contributed by atoms with Crippen LogP contribution in [0.4, 0.5) is 0 Å². The molecule has 0 bridgehead atoms. The average molecular weight is 276 g/mol. The summed E-state index contributed by atoms with van der Waals surface area (Å²) in [6.45, 7) is 0. The van der Waals surface area contributed by atoms with Gasteiger partial charge in [-0.05, 0) is 12.1 Å². The van der Waals surface area contributed by atoms with Gasteiger partial charge in [-0.2, -0.15) is 0 Å². The summed E-state index contributed by atoms with van der Waals surface area (Å²) < 4.78 is 29.8. The van der Waals surface area contributed by atoms with Crippen molar-refractivity contribution in [3.63, 3.8) is 0 Å². The van der Waals surface area contributed by atoms with Crippen molar-refractivity contribution in [1.29, 1.82) is 0 Å². The third-order valence-electron chi connectivity index (χ3n) is 2.04. The van der Waals surface area contributed by atoms with Gasteiger partial charge in [0.25, 0.3) is 0 Å². The van der Waals surface area contributed by atoms with Crippen LogP contribution in [0.3, 0.4) is 0 Å². The van der Waals surface area contributed by atoms with Gasteiger partial charge in [0.15, 0.2) is 0 Å². The lowest BCUT2D eigenvalue weighted by atomic mass is 10.2. The summed E-state index contributed by atoms with van der Waals surface area (Å²) in [6.07, 6.45) is 0. The molecule has 8 heteroatoms. The van der Waals surface area contributed by atoms with E-state index in [0.717, 1.165) is 7.11 Å². The van der Waals surface area contributed by atoms with Gasteiger partial charge in [-0.1, -0.05) is 0 Å². The van der Waals surface area contributed by atoms with E-state index in [1.807, 2.05) is 0 Å². The maximum Gasteiger partial charge on any atom is 0.527 e. The number of hydrogen-bond acceptors (Lipinski definition) is 6. The van der Waals surface area contributed by atoms with Crippen molar-refractivity contribution in [2.45, 2.75) is 0 Å². The Morgan fingerprint density at radius 2 is 1.94 bits per heavy atom. The van der Waals surface area contributed by atoms with E-state index in [9.17, 15) is 14.3 Å². The fourth-order valence-electron chi connectivity index (χ4n) is 1.15. The summed E-state index contributed by atoms with van der Waals surface area (Å²) in [4.78, 5) is 20.7. The fraction of sp³-hybridized carbons (Fsp3) is 0.300. The minimum atomic E-state index is -4.27. The highest BCUT2D eigenvalue weighted by molar-refractivity contribution is 7.47. The summed E-state index contributed by atoms with van der Waals surface area (Å²) in [6, 6.07) is 4.14. The minimum absolute atomic E-state index is 0.00961. The average Bonchev–Trinajstić information content (AvgIpc) is 2.37. The second kappa shape index (κ2) is 5.86. The molecule has 0 amide bonds. The first-order valence-corrected chi connectivity index (χ1v) is 6.27. The number of phosphoric ester groups is 1. The zero-order valence-electron chi connectivity index (χ0n) is 10.1. The van der Waals surface area contributed by atoms with Gasteiger partial charge < -0.3 is 14.0 Å². The van der Waals surface area contributed by atoms with Gasteiger partial charge in [-0.25, -0.2) is 9.36 Å². The van der Waals surface area contributed by atoms with E-state index in [2.05, 4.69) is 9.26 Å². The van der Waals surface area contributed by atoms with Gasteiger partial charge in [0.05, 0.1) is 14.2 Å². The highest BCUT2D eigenvalue weighted by Crippen LogP contribution is 2.44. The van der Waals surface area contributed by atoms with Crippen LogP contribution in [-0.2, 0) is 13.8 Å². The highest BCUT2D eigenvalue weighted by atomic mass is 31.2. The van der Waals surface area contributed by atoms with E-state index in [1.165, 1.54) is 32.4 Å². The quantitative estimate of drug-likeness (QED) is 0.645. The number of carbonyl (C=O) groups is 1. The summed E-state index contributed by atoms with van der Waals surface area (Å²) in [5.41, 5.74) is -0.00961. The van der Waals surface area contributed by atoms with Crippen LogP contribution in [0.5, 0.6) is 11.5 Å². The number of carbonyl (C=O) groups excluding carboxylic acids is 1. The second-order valence-electron chi connectivity index (χ2n) is 3.10. The summed E-state index contributed by atoms with van der Waals surface area (Å²) >= 11 is 0. The number of rotatable bonds is 5. The molecule has 0 spiro atoms. The smallest absolute Gasteiger partial charge is 0.497 e. The lowest BCUT2D eigenvalue weighted by Gasteiger charge is -2.14. The largest absolute Gasteiger partial charge is 0.527 e. The van der Waals surface area contributed by atoms with Crippen LogP contribution in [0.15, 0.2) is 18.2 Å². The molecular formula is C10H13O7P. The molecule has 0 aromatic heterocycles. The Labute approximate surface area is 104 Å². The Bertz CT molecular complexity index is 485. The van der Waals surface area contributed by atoms with Crippen LogP contribution in [0, 0.1) is 0 Å². The van der Waals surface area contributed by atoms with Crippen LogP contribution in [0.2, 0.25) is 0 Å². The van der Waals surface area contributed by atoms with Crippen LogP contribution in [0.25, 0.3) is 0 Å². The number of phosphoric acid groups is 1. The Morgan fingerprint density at radius 1 is 1.28 bits per heavy atom. The van der Waals surface area contributed by atoms with Crippen LogP contribution < -0.4 is 9.26 Å². The first-order valence-electron chi connectivity index (χ1n) is 4.78. The van der Waals surface area contributed by atoms with Crippen molar-refractivity contribution >= 4 is 13.8 Å². The molecule has 0 saturated heterocycles. The van der Waals surface area contributed by atoms with E-state index in [0.29, 0.717) is 5.75 Å². The highest BCUT2D eigenvalue weighted by Gasteiger charge is 2.25. The molecule has 0 heterocycles. The van der Waals surface area contributed by atoms with Crippen LogP contribution in [0.1, 0.15) is 10.4 Å². The zero-order valence-corrected chi connectivity index (χ0v) is 11.0. The van der Waals surface area contributed by atoms with E-state index in [-0.39, 0.29) is 11.3 Å². The number of methoxy groups -OCH3 is 2. The predicted molar refractivity (Wildman–Crippen MR) is 61.8 cm³/mol. The van der Waals surface area contributed by atoms with Gasteiger partial charge in [-0.15, -0.1) is 0 Å². The number of ether oxygens (including phenoxy) is 2. The monoisotopic (exact) mass is 276 g/mol. The van der Waals surface area contributed by atoms with E-state index in [1.54, 1.807) is 0 Å². The maximum absolute atomic E-state index is 11.5. The van der Waals surface area contributed by atoms with Crippen LogP contribution in [-0.4, -0.2) is 32.2 Å². The molecule has 7 nitrogen and oxygen atoms in total. The molecule has 100 valence electrons. The molecule has 18 heavy (non-hydrogen) atoms. The molecular weight excluding hydrogens is 263 g/mol. The lowest BCUT2D eigenvalue weighted by Crippen LogP contribution is -2.05. The van der Waals surface area contributed by atoms with Gasteiger partial charge in [0.1, 0.15) is 17.1 Å². The Kier molecular flexibility index (Phi) is 4.72. The topological polar surface area (TPSA) is 91.3 Å². The second-order valence-corrected chi connectivity index (χ2v) is 4.58. The molecule has 0 aliphatic rings. The number of esters is 1. The molecule has 0 fully saturated rings. The molecule has 0 aliphatic heterocycles. The molecule has 1 unspecified atom stereocenters. The first kappa shape index (κ1) is 14.5. The third kappa shape index (κ3) is 3.46. The first-order chi connectivity index (χ1) is 8.43. The summed E-state index contributed by atoms with van der Waals surface area (Å²) in [5.74, 6) is -0.508. The minimum Gasteiger partial charge on any atom is -0.497 e. The maximum atomic E-state index is 11.5. The molecule has 0 saturated carbocycles. The van der Waals surface area contributed by atoms with Crippen molar-refractivity contribution < 1.29 is 32.8 Å². The Morgan fingerprint density at radius 3 is 2.44 bits per heavy atom. The molecule has 0 radical (unpaired) electrons. The normalized spacial score (nSPS) is 13.6. The molecule has 1 aromatic carbocycles. The SMILES string of the molecule is COC(=O)c1ccc(OC)cc1OP(=O)(O)OC. The summed E-state index contributed by atoms with van der Waals surface area (Å²) in [7, 11) is -0.659. The number of benzene rings is 1. The zero-order chi connectivity index (χ0) is 13.8. The van der Waals surface area contributed by atoms with Gasteiger partial charge in [-0.3, -0.25) is 9.42 Å². The van der Waals surface area contributed by atoms with Gasteiger partial charge in [0, 0.05) is 13.2 Å². The predicted octanol–water partition coefficient (Wildman–Crippen LogP) is 1.61. The molecule has 1 rings (SSSR count). The van der Waals surface area contributed by atoms with Gasteiger partial charge in [0.2, 0.25) is 0 Å². The molecule has 0 aliphatic carbocycles. The molecule has 1 N–H and O–H groups in total. The van der Waals surface area contributed by atoms with Crippen molar-refractivity contribution in [2.75, 3.05) is 21.3 Å². The van der Waals surface area contributed by atoms with E-state index < -0.39 is 13.8 Å². The van der Waals surface area contributed by atoms with E-state index >= 15 is 0 Å². The van der Waals surface area contributed by atoms with Crippen molar-refractivity contribution in [3.05, 3.63) is 23.8 Å². The lowest BCUT2D eigenvalue weighted by molar-refractivity contribution is 0.0598. The van der Waals surface area contributed by atoms with Crippen molar-refractivity contribution in [3.8, 4) is 11.5 Å². The van der Waals surface area contributed by atoms with Crippen LogP contribution >= 0.6 is 7.82 Å². The number of hydrogen-bond donors (Lipinski definition) is 1. The van der Waals surface area contributed by atoms with Gasteiger partial charge >= 0.3 is 13.8 Å². The Hall–Kier alpha value is -1.56. The van der Waals surface area contributed by atoms with Crippen molar-refractivity contribution in [1.82, 2.24) is 0 Å².